The van der Waals surface area contributed by atoms with Gasteiger partial charge in [-0.25, -0.2) is 0 Å². The Hall–Kier alpha value is -1.70. The first-order valence-corrected chi connectivity index (χ1v) is 6.14. The van der Waals surface area contributed by atoms with Gasteiger partial charge in [0.25, 0.3) is 0 Å². The third kappa shape index (κ3) is 2.67. The first kappa shape index (κ1) is 13.7. The minimum atomic E-state index is 0.0312. The van der Waals surface area contributed by atoms with Crippen molar-refractivity contribution in [2.45, 2.75) is 6.73 Å². The summed E-state index contributed by atoms with van der Waals surface area (Å²) in [7, 11) is 1.61. The number of nitrogens with two attached hydrogens (primary N) is 1. The molecule has 19 heavy (non-hydrogen) atoms. The van der Waals surface area contributed by atoms with E-state index in [0.29, 0.717) is 25.6 Å². The number of hydrogen-bond acceptors (Lipinski definition) is 5. The van der Waals surface area contributed by atoms with Gasteiger partial charge in [-0.3, -0.25) is 0 Å². The summed E-state index contributed by atoms with van der Waals surface area (Å²) < 4.78 is 6.97. The molecule has 2 aromatic heterocycles. The number of H-pyrrole nitrogens is 1. The van der Waals surface area contributed by atoms with Gasteiger partial charge in [-0.05, 0) is 0 Å². The molecule has 0 unspecified atom stereocenters. The van der Waals surface area contributed by atoms with Crippen molar-refractivity contribution in [3.8, 4) is 0 Å². The zero-order valence-corrected chi connectivity index (χ0v) is 11.0. The first-order chi connectivity index (χ1) is 9.21. The smallest absolute Gasteiger partial charge is 0.124 e. The summed E-state index contributed by atoms with van der Waals surface area (Å²) in [6, 6.07) is 3.78. The van der Waals surface area contributed by atoms with Crippen LogP contribution in [0.1, 0.15) is 0 Å². The SMILES string of the molecule is COCn1c(N)cc2[nH]c(N(CCO)CCO)cc21. The Morgan fingerprint density at radius 2 is 2.00 bits per heavy atom. The highest BCUT2D eigenvalue weighted by molar-refractivity contribution is 5.85. The van der Waals surface area contributed by atoms with Gasteiger partial charge in [0.1, 0.15) is 18.4 Å². The fourth-order valence-corrected chi connectivity index (χ4v) is 2.18. The summed E-state index contributed by atoms with van der Waals surface area (Å²) in [4.78, 5) is 5.11. The van der Waals surface area contributed by atoms with Crippen LogP contribution in [0.3, 0.4) is 0 Å². The highest BCUT2D eigenvalue weighted by Crippen LogP contribution is 2.26. The normalized spacial score (nSPS) is 11.3. The van der Waals surface area contributed by atoms with Crippen molar-refractivity contribution in [1.29, 1.82) is 0 Å². The zero-order valence-electron chi connectivity index (χ0n) is 11.0. The molecule has 0 amide bonds. The van der Waals surface area contributed by atoms with E-state index in [1.165, 1.54) is 0 Å². The van der Waals surface area contributed by atoms with Crippen LogP contribution >= 0.6 is 0 Å². The van der Waals surface area contributed by atoms with Crippen LogP contribution in [0.2, 0.25) is 0 Å². The van der Waals surface area contributed by atoms with Crippen molar-refractivity contribution in [3.05, 3.63) is 12.1 Å². The predicted molar refractivity (Wildman–Crippen MR) is 74.1 cm³/mol. The Morgan fingerprint density at radius 1 is 1.32 bits per heavy atom. The van der Waals surface area contributed by atoms with Gasteiger partial charge in [0.05, 0.1) is 24.2 Å². The van der Waals surface area contributed by atoms with Crippen LogP contribution in [-0.4, -0.2) is 53.2 Å². The number of aromatic nitrogens is 2. The van der Waals surface area contributed by atoms with E-state index in [-0.39, 0.29) is 13.2 Å². The second-order valence-corrected chi connectivity index (χ2v) is 4.30. The van der Waals surface area contributed by atoms with Crippen LogP contribution in [0.15, 0.2) is 12.1 Å². The number of methoxy groups -OCH3 is 1. The predicted octanol–water partition coefficient (Wildman–Crippen LogP) is -0.0535. The lowest BCUT2D eigenvalue weighted by Gasteiger charge is -2.20. The Morgan fingerprint density at radius 3 is 2.58 bits per heavy atom. The zero-order chi connectivity index (χ0) is 13.8. The number of nitrogens with one attached hydrogen (secondary N) is 1. The van der Waals surface area contributed by atoms with Crippen molar-refractivity contribution >= 4 is 22.7 Å². The number of ether oxygens (including phenoxy) is 1. The second-order valence-electron chi connectivity index (χ2n) is 4.30. The maximum atomic E-state index is 9.05. The highest BCUT2D eigenvalue weighted by atomic mass is 16.5. The highest BCUT2D eigenvalue weighted by Gasteiger charge is 2.13. The minimum Gasteiger partial charge on any atom is -0.395 e. The van der Waals surface area contributed by atoms with E-state index < -0.39 is 0 Å². The molecular weight excluding hydrogens is 248 g/mol. The summed E-state index contributed by atoms with van der Waals surface area (Å²) in [6.45, 7) is 1.37. The van der Waals surface area contributed by atoms with Crippen LogP contribution < -0.4 is 10.6 Å². The minimum absolute atomic E-state index is 0.0312. The maximum absolute atomic E-state index is 9.05. The third-order valence-corrected chi connectivity index (χ3v) is 3.05. The molecule has 0 aliphatic rings. The number of fused-ring (bicyclic) bond motifs is 1. The van der Waals surface area contributed by atoms with Gasteiger partial charge in [0.15, 0.2) is 0 Å². The second kappa shape index (κ2) is 5.96. The molecule has 0 aliphatic carbocycles. The van der Waals surface area contributed by atoms with Crippen LogP contribution in [0.4, 0.5) is 11.6 Å². The lowest BCUT2D eigenvalue weighted by Crippen LogP contribution is -2.29. The van der Waals surface area contributed by atoms with E-state index in [1.54, 1.807) is 7.11 Å². The third-order valence-electron chi connectivity index (χ3n) is 3.05. The Kier molecular flexibility index (Phi) is 4.31. The molecular formula is C12H20N4O3. The molecule has 0 spiro atoms. The van der Waals surface area contributed by atoms with Crippen LogP contribution in [0, 0.1) is 0 Å². The molecule has 0 aliphatic heterocycles. The summed E-state index contributed by atoms with van der Waals surface area (Å²) in [5, 5.41) is 18.1. The van der Waals surface area contributed by atoms with E-state index in [2.05, 4.69) is 4.98 Å². The number of rotatable bonds is 7. The van der Waals surface area contributed by atoms with Crippen molar-refractivity contribution in [2.75, 3.05) is 44.0 Å². The van der Waals surface area contributed by atoms with Crippen LogP contribution in [0.5, 0.6) is 0 Å². The molecule has 0 fully saturated rings. The van der Waals surface area contributed by atoms with E-state index in [9.17, 15) is 0 Å². The summed E-state index contributed by atoms with van der Waals surface area (Å²) in [6.07, 6.45) is 0. The molecule has 0 radical (unpaired) electrons. The van der Waals surface area contributed by atoms with E-state index in [0.717, 1.165) is 16.9 Å². The van der Waals surface area contributed by atoms with Crippen LogP contribution in [-0.2, 0) is 11.5 Å². The number of hydrogen-bond donors (Lipinski definition) is 4. The lowest BCUT2D eigenvalue weighted by molar-refractivity contribution is 0.136. The molecule has 2 rings (SSSR count). The fourth-order valence-electron chi connectivity index (χ4n) is 2.18. The van der Waals surface area contributed by atoms with Gasteiger partial charge in [0.2, 0.25) is 0 Å². The standard InChI is InChI=1S/C12H20N4O3/c1-19-8-16-10-7-12(14-9(10)6-11(16)13)15(2-4-17)3-5-18/h6-7,14,17-18H,2-5,8,13H2,1H3. The molecule has 0 saturated carbocycles. The topological polar surface area (TPSA) is 99.7 Å². The molecule has 2 aromatic rings. The molecule has 7 heteroatoms. The maximum Gasteiger partial charge on any atom is 0.124 e. The Labute approximate surface area is 111 Å². The fraction of sp³-hybridized carbons (Fsp3) is 0.500. The molecule has 2 heterocycles. The number of nitrogen functional groups attached to an aromatic ring is 1. The lowest BCUT2D eigenvalue weighted by atomic mass is 10.4. The number of aliphatic hydroxyl groups is 2. The number of anilines is 2. The summed E-state index contributed by atoms with van der Waals surface area (Å²) in [5.74, 6) is 1.48. The van der Waals surface area contributed by atoms with E-state index in [1.807, 2.05) is 21.6 Å². The number of aromatic amines is 1. The monoisotopic (exact) mass is 268 g/mol. The molecule has 106 valence electrons. The molecule has 7 nitrogen and oxygen atoms in total. The largest absolute Gasteiger partial charge is 0.395 e. The molecule has 0 saturated heterocycles. The summed E-state index contributed by atoms with van der Waals surface area (Å²) in [5.41, 5.74) is 7.74. The van der Waals surface area contributed by atoms with Gasteiger partial charge in [-0.15, -0.1) is 0 Å². The van der Waals surface area contributed by atoms with E-state index >= 15 is 0 Å². The quantitative estimate of drug-likeness (QED) is 0.564. The van der Waals surface area contributed by atoms with Gasteiger partial charge < -0.3 is 35.1 Å². The van der Waals surface area contributed by atoms with E-state index in [4.69, 9.17) is 20.7 Å². The molecule has 5 N–H and O–H groups in total. The Balaban J connectivity index is 2.34. The average molecular weight is 268 g/mol. The van der Waals surface area contributed by atoms with Crippen molar-refractivity contribution in [1.82, 2.24) is 9.55 Å². The van der Waals surface area contributed by atoms with Crippen molar-refractivity contribution < 1.29 is 14.9 Å². The van der Waals surface area contributed by atoms with Crippen LogP contribution in [0.25, 0.3) is 11.0 Å². The molecule has 0 aromatic carbocycles. The Bertz CT molecular complexity index is 528. The van der Waals surface area contributed by atoms with Gasteiger partial charge in [-0.1, -0.05) is 0 Å². The first-order valence-electron chi connectivity index (χ1n) is 6.14. The van der Waals surface area contributed by atoms with Crippen molar-refractivity contribution in [2.24, 2.45) is 0 Å². The average Bonchev–Trinajstić information content (AvgIpc) is 2.89. The molecule has 0 bridgehead atoms. The van der Waals surface area contributed by atoms with Crippen molar-refractivity contribution in [3.63, 3.8) is 0 Å². The summed E-state index contributed by atoms with van der Waals surface area (Å²) >= 11 is 0. The van der Waals surface area contributed by atoms with Gasteiger partial charge in [0, 0.05) is 32.3 Å². The molecule has 0 atom stereocenters. The van der Waals surface area contributed by atoms with Gasteiger partial charge >= 0.3 is 0 Å². The number of nitrogens with zero attached hydrogens (tertiary/aromatic N) is 2. The number of aliphatic hydroxyl groups excluding tert-OH is 2. The van der Waals surface area contributed by atoms with Gasteiger partial charge in [-0.2, -0.15) is 0 Å².